The molecule has 0 unspecified atom stereocenters. The Kier molecular flexibility index (Phi) is 9.58. The normalized spacial score (nSPS) is 10.1. The van der Waals surface area contributed by atoms with Crippen LogP contribution in [0.15, 0.2) is 54.6 Å². The largest absolute Gasteiger partial charge is 0.506 e. The van der Waals surface area contributed by atoms with Gasteiger partial charge in [0.25, 0.3) is 0 Å². The molecule has 0 aliphatic carbocycles. The number of phenolic OH excluding ortho intramolecular Hbond substituents is 1. The molecule has 3 aromatic rings. The number of aromatic hydroxyl groups is 1. The second kappa shape index (κ2) is 11.2. The molecule has 0 atom stereocenters. The van der Waals surface area contributed by atoms with Crippen molar-refractivity contribution in [3.05, 3.63) is 87.4 Å². The minimum Gasteiger partial charge on any atom is -0.506 e. The molecule has 0 spiro atoms. The average Bonchev–Trinajstić information content (AvgIpc) is 2.63. The predicted octanol–water partition coefficient (Wildman–Crippen LogP) is 8.48. The molecular formula is C19H12Cl4I2O2. The lowest BCUT2D eigenvalue weighted by atomic mass is 10.2. The number of halogens is 6. The first-order valence-electron chi connectivity index (χ1n) is 7.42. The summed E-state index contributed by atoms with van der Waals surface area (Å²) in [6, 6.07) is 16.5. The molecule has 3 rings (SSSR count). The molecule has 8 heteroatoms. The Morgan fingerprint density at radius 1 is 0.741 bits per heavy atom. The van der Waals surface area contributed by atoms with Crippen molar-refractivity contribution in [2.75, 3.05) is 0 Å². The first-order valence-corrected chi connectivity index (χ1v) is 11.1. The fourth-order valence-corrected chi connectivity index (χ4v) is 3.57. The van der Waals surface area contributed by atoms with Crippen molar-refractivity contribution in [1.29, 1.82) is 0 Å². The van der Waals surface area contributed by atoms with Crippen LogP contribution in [0.2, 0.25) is 20.1 Å². The standard InChI is InChI=1S/C13H9Cl2IO.C6H3Cl2IO/c14-10-6-11(15)13(7-12(10)16)17-8-9-4-2-1-3-5-9;7-3-1-4(8)6(10)2-5(3)9/h1-7H,8H2;1-2,10H. The summed E-state index contributed by atoms with van der Waals surface area (Å²) >= 11 is 27.4. The second-order valence-electron chi connectivity index (χ2n) is 5.19. The Morgan fingerprint density at radius 3 is 1.89 bits per heavy atom. The van der Waals surface area contributed by atoms with Crippen molar-refractivity contribution in [2.24, 2.45) is 0 Å². The molecule has 142 valence electrons. The van der Waals surface area contributed by atoms with Crippen LogP contribution in [-0.4, -0.2) is 5.11 Å². The minimum atomic E-state index is 0.0652. The zero-order valence-electron chi connectivity index (χ0n) is 13.5. The van der Waals surface area contributed by atoms with E-state index in [1.165, 1.54) is 12.1 Å². The zero-order valence-corrected chi connectivity index (χ0v) is 20.9. The Morgan fingerprint density at radius 2 is 1.30 bits per heavy atom. The molecular weight excluding hydrogens is 656 g/mol. The van der Waals surface area contributed by atoms with Crippen LogP contribution in [0.5, 0.6) is 11.5 Å². The second-order valence-corrected chi connectivity index (χ2v) is 9.14. The molecule has 0 heterocycles. The van der Waals surface area contributed by atoms with Crippen LogP contribution in [0.25, 0.3) is 0 Å². The molecule has 0 amide bonds. The van der Waals surface area contributed by atoms with E-state index in [1.54, 1.807) is 6.07 Å². The zero-order chi connectivity index (χ0) is 20.0. The lowest BCUT2D eigenvalue weighted by Gasteiger charge is -2.09. The highest BCUT2D eigenvalue weighted by Gasteiger charge is 2.07. The molecule has 2 nitrogen and oxygen atoms in total. The summed E-state index contributed by atoms with van der Waals surface area (Å²) in [7, 11) is 0. The van der Waals surface area contributed by atoms with E-state index in [1.807, 2.05) is 59.0 Å². The molecule has 3 aromatic carbocycles. The number of hydrogen-bond donors (Lipinski definition) is 1. The number of rotatable bonds is 3. The summed E-state index contributed by atoms with van der Waals surface area (Å²) < 4.78 is 7.38. The van der Waals surface area contributed by atoms with Crippen molar-refractivity contribution in [2.45, 2.75) is 6.61 Å². The molecule has 0 bridgehead atoms. The molecule has 0 aromatic heterocycles. The Hall–Kier alpha value is -0.120. The van der Waals surface area contributed by atoms with E-state index < -0.39 is 0 Å². The van der Waals surface area contributed by atoms with Gasteiger partial charge in [-0.25, -0.2) is 0 Å². The van der Waals surface area contributed by atoms with Crippen molar-refractivity contribution >= 4 is 91.6 Å². The van der Waals surface area contributed by atoms with Crippen molar-refractivity contribution in [3.8, 4) is 11.5 Å². The van der Waals surface area contributed by atoms with Crippen molar-refractivity contribution in [1.82, 2.24) is 0 Å². The topological polar surface area (TPSA) is 29.5 Å². The third-order valence-corrected chi connectivity index (χ3v) is 6.85. The number of phenols is 1. The maximum atomic E-state index is 9.03. The fraction of sp³-hybridized carbons (Fsp3) is 0.0526. The van der Waals surface area contributed by atoms with Gasteiger partial charge in [0.05, 0.1) is 20.1 Å². The number of ether oxygens (including phenoxy) is 1. The van der Waals surface area contributed by atoms with Gasteiger partial charge in [0.2, 0.25) is 0 Å². The van der Waals surface area contributed by atoms with E-state index in [9.17, 15) is 0 Å². The fourth-order valence-electron chi connectivity index (χ4n) is 1.86. The highest BCUT2D eigenvalue weighted by Crippen LogP contribution is 2.32. The van der Waals surface area contributed by atoms with Gasteiger partial charge in [-0.1, -0.05) is 76.7 Å². The van der Waals surface area contributed by atoms with Gasteiger partial charge in [0.15, 0.2) is 0 Å². The Balaban J connectivity index is 0.000000223. The molecule has 0 saturated heterocycles. The van der Waals surface area contributed by atoms with Crippen LogP contribution in [0, 0.1) is 7.14 Å². The van der Waals surface area contributed by atoms with Crippen molar-refractivity contribution < 1.29 is 9.84 Å². The molecule has 0 saturated carbocycles. The quantitative estimate of drug-likeness (QED) is 0.224. The van der Waals surface area contributed by atoms with Gasteiger partial charge in [-0.3, -0.25) is 0 Å². The van der Waals surface area contributed by atoms with Crippen LogP contribution in [0.3, 0.4) is 0 Å². The van der Waals surface area contributed by atoms with E-state index >= 15 is 0 Å². The van der Waals surface area contributed by atoms with E-state index in [0.29, 0.717) is 27.4 Å². The summed E-state index contributed by atoms with van der Waals surface area (Å²) in [5.41, 5.74) is 1.11. The molecule has 0 aliphatic heterocycles. The maximum absolute atomic E-state index is 9.03. The van der Waals surface area contributed by atoms with Crippen molar-refractivity contribution in [3.63, 3.8) is 0 Å². The van der Waals surface area contributed by atoms with Crippen LogP contribution < -0.4 is 4.74 Å². The number of hydrogen-bond acceptors (Lipinski definition) is 2. The summed E-state index contributed by atoms with van der Waals surface area (Å²) in [5, 5.41) is 11.0. The van der Waals surface area contributed by atoms with Crippen LogP contribution in [0.1, 0.15) is 5.56 Å². The SMILES string of the molecule is Clc1cc(Cl)c(OCc2ccccc2)cc1I.Oc1cc(I)c(Cl)cc1Cl. The van der Waals surface area contributed by atoms with Gasteiger partial charge in [0.1, 0.15) is 18.1 Å². The molecule has 27 heavy (non-hydrogen) atoms. The summed E-state index contributed by atoms with van der Waals surface area (Å²) in [6.07, 6.45) is 0. The van der Waals surface area contributed by atoms with E-state index in [0.717, 1.165) is 12.7 Å². The number of benzene rings is 3. The monoisotopic (exact) mass is 666 g/mol. The third kappa shape index (κ3) is 7.33. The van der Waals surface area contributed by atoms with E-state index in [2.05, 4.69) is 22.6 Å². The van der Waals surface area contributed by atoms with Crippen LogP contribution in [0.4, 0.5) is 0 Å². The summed E-state index contributed by atoms with van der Waals surface area (Å²) in [6.45, 7) is 0.498. The van der Waals surface area contributed by atoms with E-state index in [-0.39, 0.29) is 10.8 Å². The molecule has 0 aliphatic rings. The van der Waals surface area contributed by atoms with Gasteiger partial charge in [-0.2, -0.15) is 0 Å². The highest BCUT2D eigenvalue weighted by molar-refractivity contribution is 14.1. The van der Waals surface area contributed by atoms with Gasteiger partial charge in [0, 0.05) is 7.14 Å². The Labute approximate surface area is 205 Å². The van der Waals surface area contributed by atoms with Crippen LogP contribution >= 0.6 is 91.6 Å². The molecule has 0 radical (unpaired) electrons. The lowest BCUT2D eigenvalue weighted by molar-refractivity contribution is 0.306. The van der Waals surface area contributed by atoms with Gasteiger partial charge < -0.3 is 9.84 Å². The van der Waals surface area contributed by atoms with Crippen LogP contribution in [-0.2, 0) is 6.61 Å². The third-order valence-electron chi connectivity index (χ3n) is 3.20. The van der Waals surface area contributed by atoms with Gasteiger partial charge in [-0.15, -0.1) is 0 Å². The van der Waals surface area contributed by atoms with E-state index in [4.69, 9.17) is 56.2 Å². The maximum Gasteiger partial charge on any atom is 0.139 e. The van der Waals surface area contributed by atoms with Gasteiger partial charge >= 0.3 is 0 Å². The first kappa shape index (κ1) is 23.2. The highest BCUT2D eigenvalue weighted by atomic mass is 127. The minimum absolute atomic E-state index is 0.0652. The lowest BCUT2D eigenvalue weighted by Crippen LogP contribution is -1.96. The first-order chi connectivity index (χ1) is 12.8. The summed E-state index contributed by atoms with van der Waals surface area (Å²) in [5.74, 6) is 0.722. The molecule has 1 N–H and O–H groups in total. The average molecular weight is 668 g/mol. The Bertz CT molecular complexity index is 871. The smallest absolute Gasteiger partial charge is 0.139 e. The summed E-state index contributed by atoms with van der Waals surface area (Å²) in [4.78, 5) is 0. The molecule has 0 fully saturated rings. The predicted molar refractivity (Wildman–Crippen MR) is 131 cm³/mol. The van der Waals surface area contributed by atoms with Gasteiger partial charge in [-0.05, 0) is 75.0 Å².